The van der Waals surface area contributed by atoms with Crippen molar-refractivity contribution in [3.63, 3.8) is 0 Å². The molecular weight excluding hydrogens is 896 g/mol. The summed E-state index contributed by atoms with van der Waals surface area (Å²) in [6.07, 6.45) is 7.17. The van der Waals surface area contributed by atoms with Crippen LogP contribution >= 0.6 is 63.7 Å². The molecule has 0 aliphatic carbocycles. The Kier molecular flexibility index (Phi) is 16.1. The number of halogens is 4. The van der Waals surface area contributed by atoms with Crippen LogP contribution in [0.15, 0.2) is 78.8 Å². The van der Waals surface area contributed by atoms with E-state index in [0.717, 1.165) is 96.1 Å². The lowest BCUT2D eigenvalue weighted by atomic mass is 10.1. The summed E-state index contributed by atoms with van der Waals surface area (Å²) in [5.41, 5.74) is 11.9. The minimum Gasteiger partial charge on any atom is -0.491 e. The van der Waals surface area contributed by atoms with Crippen LogP contribution in [0.5, 0.6) is 11.5 Å². The predicted molar refractivity (Wildman–Crippen MR) is 217 cm³/mol. The van der Waals surface area contributed by atoms with Crippen LogP contribution in [-0.4, -0.2) is 90.8 Å². The van der Waals surface area contributed by atoms with E-state index in [1.165, 1.54) is 0 Å². The van der Waals surface area contributed by atoms with Crippen LogP contribution in [0.4, 0.5) is 0 Å². The second kappa shape index (κ2) is 20.0. The van der Waals surface area contributed by atoms with Gasteiger partial charge in [-0.3, -0.25) is 4.68 Å². The summed E-state index contributed by atoms with van der Waals surface area (Å²) in [5, 5.41) is 10.4. The first-order chi connectivity index (χ1) is 23.9. The standard InChI is InChI=1S/C36H46Br4N8O2/c1-45(2)13-5-17-49-35-29(37)19-25(20-30(35)38)11-15-47(42)23-33(41)27-7-9-28(10-8-27)34-24-48(44-43-34)16-12-26-21-31(39)36(32(40)22-26)50-18-6-14-46(3)4/h7-10,19-24H,5-6,11-18,41-42H2,1-4H3/b33-23-. The normalized spacial score (nSPS) is 11.9. The van der Waals surface area contributed by atoms with Crippen molar-refractivity contribution in [2.24, 2.45) is 11.6 Å². The zero-order chi connectivity index (χ0) is 36.2. The summed E-state index contributed by atoms with van der Waals surface area (Å²) in [5.74, 6) is 7.95. The van der Waals surface area contributed by atoms with Gasteiger partial charge in [0.2, 0.25) is 0 Å². The van der Waals surface area contributed by atoms with Crippen LogP contribution in [0.3, 0.4) is 0 Å². The number of nitrogens with two attached hydrogens (primary N) is 2. The monoisotopic (exact) mass is 938 g/mol. The molecule has 1 aromatic heterocycles. The lowest BCUT2D eigenvalue weighted by molar-refractivity contribution is 0.279. The summed E-state index contributed by atoms with van der Waals surface area (Å²) < 4.78 is 17.6. The second-order valence-corrected chi connectivity index (χ2v) is 16.0. The Morgan fingerprint density at radius 1 is 0.760 bits per heavy atom. The van der Waals surface area contributed by atoms with Crippen molar-refractivity contribution < 1.29 is 9.47 Å². The van der Waals surface area contributed by atoms with Gasteiger partial charge in [0.1, 0.15) is 17.2 Å². The number of nitrogens with zero attached hydrogens (tertiary/aromatic N) is 6. The maximum absolute atomic E-state index is 6.43. The van der Waals surface area contributed by atoms with Crippen LogP contribution < -0.4 is 21.1 Å². The van der Waals surface area contributed by atoms with Gasteiger partial charge in [0.25, 0.3) is 0 Å². The Bertz CT molecular complexity index is 1670. The van der Waals surface area contributed by atoms with Crippen molar-refractivity contribution in [3.05, 3.63) is 95.5 Å². The molecule has 0 fully saturated rings. The highest BCUT2D eigenvalue weighted by Crippen LogP contribution is 2.36. The lowest BCUT2D eigenvalue weighted by Gasteiger charge is -2.17. The van der Waals surface area contributed by atoms with Gasteiger partial charge in [-0.2, -0.15) is 0 Å². The van der Waals surface area contributed by atoms with E-state index >= 15 is 0 Å². The highest BCUT2D eigenvalue weighted by Gasteiger charge is 2.12. The molecule has 0 spiro atoms. The number of hydrazine groups is 1. The fraction of sp³-hybridized carbons (Fsp3) is 0.389. The van der Waals surface area contributed by atoms with Gasteiger partial charge in [-0.1, -0.05) is 29.5 Å². The van der Waals surface area contributed by atoms with Crippen molar-refractivity contribution in [2.45, 2.75) is 32.2 Å². The number of hydrogen-bond acceptors (Lipinski definition) is 9. The molecule has 0 saturated heterocycles. The van der Waals surface area contributed by atoms with Crippen molar-refractivity contribution in [2.75, 3.05) is 61.0 Å². The molecular formula is C36H46Br4N8O2. The quantitative estimate of drug-likeness (QED) is 0.0559. The van der Waals surface area contributed by atoms with Gasteiger partial charge >= 0.3 is 0 Å². The van der Waals surface area contributed by atoms with Gasteiger partial charge < -0.3 is 30.0 Å². The topological polar surface area (TPSA) is 111 Å². The van der Waals surface area contributed by atoms with Crippen LogP contribution in [-0.2, 0) is 19.4 Å². The van der Waals surface area contributed by atoms with Crippen LogP contribution in [0.25, 0.3) is 17.0 Å². The van der Waals surface area contributed by atoms with Gasteiger partial charge in [-0.05, 0) is 159 Å². The summed E-state index contributed by atoms with van der Waals surface area (Å²) in [6.45, 7) is 4.56. The first kappa shape index (κ1) is 40.3. The lowest BCUT2D eigenvalue weighted by Crippen LogP contribution is -2.28. The molecule has 50 heavy (non-hydrogen) atoms. The fourth-order valence-corrected chi connectivity index (χ4v) is 8.11. The van der Waals surface area contributed by atoms with Crippen molar-refractivity contribution in [1.82, 2.24) is 29.8 Å². The van der Waals surface area contributed by atoms with Crippen LogP contribution in [0.2, 0.25) is 0 Å². The molecule has 0 unspecified atom stereocenters. The highest BCUT2D eigenvalue weighted by atomic mass is 79.9. The molecule has 1 heterocycles. The van der Waals surface area contributed by atoms with Gasteiger partial charge in [0, 0.05) is 37.9 Å². The zero-order valence-corrected chi connectivity index (χ0v) is 35.4. The van der Waals surface area contributed by atoms with Crippen molar-refractivity contribution >= 4 is 69.4 Å². The molecule has 0 aliphatic rings. The van der Waals surface area contributed by atoms with E-state index in [4.69, 9.17) is 21.1 Å². The predicted octanol–water partition coefficient (Wildman–Crippen LogP) is 7.57. The average Bonchev–Trinajstić information content (AvgIpc) is 3.54. The summed E-state index contributed by atoms with van der Waals surface area (Å²) in [7, 11) is 8.24. The molecule has 270 valence electrons. The number of aromatic nitrogens is 3. The van der Waals surface area contributed by atoms with Gasteiger partial charge in [0.05, 0.1) is 43.0 Å². The molecule has 3 aromatic carbocycles. The van der Waals surface area contributed by atoms with Crippen molar-refractivity contribution in [1.29, 1.82) is 0 Å². The van der Waals surface area contributed by atoms with E-state index in [1.807, 2.05) is 35.1 Å². The summed E-state index contributed by atoms with van der Waals surface area (Å²) >= 11 is 14.7. The summed E-state index contributed by atoms with van der Waals surface area (Å²) in [4.78, 5) is 4.30. The van der Waals surface area contributed by atoms with E-state index in [2.05, 4.69) is 136 Å². The molecule has 4 N–H and O–H groups in total. The molecule has 4 aromatic rings. The van der Waals surface area contributed by atoms with E-state index in [1.54, 1.807) is 11.2 Å². The molecule has 0 atom stereocenters. The van der Waals surface area contributed by atoms with Crippen LogP contribution in [0, 0.1) is 0 Å². The number of rotatable bonds is 19. The van der Waals surface area contributed by atoms with Crippen LogP contribution in [0.1, 0.15) is 29.5 Å². The molecule has 0 radical (unpaired) electrons. The smallest absolute Gasteiger partial charge is 0.147 e. The number of ether oxygens (including phenoxy) is 2. The summed E-state index contributed by atoms with van der Waals surface area (Å²) in [6, 6.07) is 16.3. The van der Waals surface area contributed by atoms with Gasteiger partial charge in [-0.15, -0.1) is 5.10 Å². The number of aryl methyl sites for hydroxylation is 2. The minimum absolute atomic E-state index is 0.578. The maximum Gasteiger partial charge on any atom is 0.147 e. The second-order valence-electron chi connectivity index (χ2n) is 12.6. The molecule has 14 heteroatoms. The number of hydrogen-bond donors (Lipinski definition) is 2. The Hall–Kier alpha value is -2.46. The zero-order valence-electron chi connectivity index (χ0n) is 29.0. The Balaban J connectivity index is 1.27. The molecule has 0 amide bonds. The van der Waals surface area contributed by atoms with E-state index in [9.17, 15) is 0 Å². The average molecular weight is 942 g/mol. The molecule has 4 rings (SSSR count). The Morgan fingerprint density at radius 3 is 1.76 bits per heavy atom. The van der Waals surface area contributed by atoms with E-state index < -0.39 is 0 Å². The SMILES string of the molecule is CN(C)CCCOc1c(Br)cc(CCN(N)/C=C(\N)c2ccc(-c3cn(CCc4cc(Br)c(OCCCN(C)C)c(Br)c4)nn3)cc2)cc1Br. The maximum atomic E-state index is 6.43. The molecule has 0 aliphatic heterocycles. The van der Waals surface area contributed by atoms with Gasteiger partial charge in [0.15, 0.2) is 0 Å². The first-order valence-electron chi connectivity index (χ1n) is 16.4. The third-order valence-corrected chi connectivity index (χ3v) is 10.1. The Labute approximate surface area is 329 Å². The van der Waals surface area contributed by atoms with Crippen molar-refractivity contribution in [3.8, 4) is 22.8 Å². The third kappa shape index (κ3) is 12.6. The minimum atomic E-state index is 0.578. The fourth-order valence-electron chi connectivity index (χ4n) is 5.09. The third-order valence-electron chi connectivity index (χ3n) is 7.75. The molecule has 10 nitrogen and oxygen atoms in total. The highest BCUT2D eigenvalue weighted by molar-refractivity contribution is 9.11. The van der Waals surface area contributed by atoms with E-state index in [0.29, 0.717) is 32.0 Å². The largest absolute Gasteiger partial charge is 0.491 e. The van der Waals surface area contributed by atoms with E-state index in [-0.39, 0.29) is 0 Å². The number of benzene rings is 3. The Morgan fingerprint density at radius 2 is 1.26 bits per heavy atom. The first-order valence-corrected chi connectivity index (χ1v) is 19.6. The molecule has 0 saturated carbocycles. The van der Waals surface area contributed by atoms with Gasteiger partial charge in [-0.25, -0.2) is 5.84 Å². The molecule has 0 bridgehead atoms.